The predicted octanol–water partition coefficient (Wildman–Crippen LogP) is 0.764. The molecular weight excluding hydrogens is 246 g/mol. The van der Waals surface area contributed by atoms with Gasteiger partial charge in [-0.2, -0.15) is 5.10 Å². The number of aryl methyl sites for hydroxylation is 1. The van der Waals surface area contributed by atoms with Crippen LogP contribution in [-0.4, -0.2) is 53.1 Å². The summed E-state index contributed by atoms with van der Waals surface area (Å²) in [5.41, 5.74) is 1.21. The number of carbonyl (C=O) groups excluding carboxylic acids is 1. The highest BCUT2D eigenvalue weighted by atomic mass is 16.7. The quantitative estimate of drug-likeness (QED) is 0.748. The molecule has 3 rings (SSSR count). The molecule has 2 aliphatic rings. The second-order valence-electron chi connectivity index (χ2n) is 4.96. The molecule has 102 valence electrons. The molecule has 0 atom stereocenters. The van der Waals surface area contributed by atoms with Crippen molar-refractivity contribution in [3.05, 3.63) is 23.5 Å². The monoisotopic (exact) mass is 263 g/mol. The van der Waals surface area contributed by atoms with E-state index in [4.69, 9.17) is 9.47 Å². The minimum Gasteiger partial charge on any atom is -0.347 e. The second kappa shape index (κ2) is 4.86. The van der Waals surface area contributed by atoms with Gasteiger partial charge in [0.1, 0.15) is 0 Å². The van der Waals surface area contributed by atoms with Crippen LogP contribution in [0.5, 0.6) is 0 Å². The Morgan fingerprint density at radius 3 is 2.47 bits per heavy atom. The Kier molecular flexibility index (Phi) is 3.20. The lowest BCUT2D eigenvalue weighted by molar-refractivity contribution is -0.181. The van der Waals surface area contributed by atoms with E-state index in [2.05, 4.69) is 10.2 Å². The standard InChI is InChI=1S/C13H17N3O3/c1-10-2-3-11(15-14-10)12(17)16-6-4-13(5-7-16)18-8-9-19-13/h2-3H,4-9H2,1H3. The molecule has 19 heavy (non-hydrogen) atoms. The summed E-state index contributed by atoms with van der Waals surface area (Å²) in [5, 5.41) is 7.86. The van der Waals surface area contributed by atoms with E-state index in [1.807, 2.05) is 6.92 Å². The molecule has 2 fully saturated rings. The lowest BCUT2D eigenvalue weighted by Gasteiger charge is -2.37. The summed E-state index contributed by atoms with van der Waals surface area (Å²) in [7, 11) is 0. The molecular formula is C13H17N3O3. The molecule has 2 saturated heterocycles. The zero-order valence-electron chi connectivity index (χ0n) is 11.0. The van der Waals surface area contributed by atoms with Gasteiger partial charge in [0.2, 0.25) is 0 Å². The molecule has 0 bridgehead atoms. The van der Waals surface area contributed by atoms with Crippen molar-refractivity contribution in [1.29, 1.82) is 0 Å². The highest BCUT2D eigenvalue weighted by Crippen LogP contribution is 2.31. The van der Waals surface area contributed by atoms with Crippen LogP contribution in [0.2, 0.25) is 0 Å². The van der Waals surface area contributed by atoms with E-state index >= 15 is 0 Å². The Morgan fingerprint density at radius 1 is 1.21 bits per heavy atom. The molecule has 0 aromatic carbocycles. The summed E-state index contributed by atoms with van der Waals surface area (Å²) in [4.78, 5) is 14.0. The van der Waals surface area contributed by atoms with Crippen molar-refractivity contribution in [1.82, 2.24) is 15.1 Å². The molecule has 6 heteroatoms. The first-order valence-corrected chi connectivity index (χ1v) is 6.56. The number of piperidine rings is 1. The molecule has 1 aromatic rings. The average Bonchev–Trinajstić information content (AvgIpc) is 2.88. The highest BCUT2D eigenvalue weighted by Gasteiger charge is 2.41. The van der Waals surface area contributed by atoms with E-state index in [9.17, 15) is 4.79 Å². The number of ether oxygens (including phenoxy) is 2. The van der Waals surface area contributed by atoms with Gasteiger partial charge in [-0.05, 0) is 19.1 Å². The zero-order valence-corrected chi connectivity index (χ0v) is 11.0. The van der Waals surface area contributed by atoms with Crippen LogP contribution < -0.4 is 0 Å². The molecule has 0 radical (unpaired) electrons. The van der Waals surface area contributed by atoms with Crippen LogP contribution in [0.4, 0.5) is 0 Å². The van der Waals surface area contributed by atoms with Crippen molar-refractivity contribution in [3.8, 4) is 0 Å². The topological polar surface area (TPSA) is 64.6 Å². The molecule has 0 saturated carbocycles. The lowest BCUT2D eigenvalue weighted by atomic mass is 10.0. The van der Waals surface area contributed by atoms with E-state index in [1.54, 1.807) is 17.0 Å². The molecule has 1 spiro atoms. The van der Waals surface area contributed by atoms with Crippen LogP contribution in [0.1, 0.15) is 29.0 Å². The van der Waals surface area contributed by atoms with Crippen LogP contribution >= 0.6 is 0 Å². The largest absolute Gasteiger partial charge is 0.347 e. The molecule has 1 amide bonds. The first-order chi connectivity index (χ1) is 9.19. The zero-order chi connectivity index (χ0) is 13.3. The third-order valence-electron chi connectivity index (χ3n) is 3.64. The normalized spacial score (nSPS) is 21.8. The maximum absolute atomic E-state index is 12.3. The van der Waals surface area contributed by atoms with Gasteiger partial charge in [-0.3, -0.25) is 4.79 Å². The minimum absolute atomic E-state index is 0.0691. The van der Waals surface area contributed by atoms with Gasteiger partial charge in [-0.1, -0.05) is 0 Å². The Bertz CT molecular complexity index is 459. The second-order valence-corrected chi connectivity index (χ2v) is 4.96. The van der Waals surface area contributed by atoms with Crippen LogP contribution in [0, 0.1) is 6.92 Å². The van der Waals surface area contributed by atoms with Gasteiger partial charge in [0, 0.05) is 25.9 Å². The Morgan fingerprint density at radius 2 is 1.89 bits per heavy atom. The number of aromatic nitrogens is 2. The number of carbonyl (C=O) groups is 1. The van der Waals surface area contributed by atoms with Crippen LogP contribution in [0.3, 0.4) is 0 Å². The van der Waals surface area contributed by atoms with E-state index in [0.29, 0.717) is 32.0 Å². The lowest BCUT2D eigenvalue weighted by Crippen LogP contribution is -2.47. The number of amides is 1. The SMILES string of the molecule is Cc1ccc(C(=O)N2CCC3(CC2)OCCO3)nn1. The molecule has 0 N–H and O–H groups in total. The minimum atomic E-state index is -0.449. The number of likely N-dealkylation sites (tertiary alicyclic amines) is 1. The number of rotatable bonds is 1. The summed E-state index contributed by atoms with van der Waals surface area (Å²) in [6.07, 6.45) is 1.44. The van der Waals surface area contributed by atoms with Gasteiger partial charge in [0.05, 0.1) is 18.9 Å². The summed E-state index contributed by atoms with van der Waals surface area (Å²) in [5.74, 6) is -0.518. The smallest absolute Gasteiger partial charge is 0.274 e. The highest BCUT2D eigenvalue weighted by molar-refractivity contribution is 5.92. The van der Waals surface area contributed by atoms with Gasteiger partial charge in [-0.25, -0.2) is 0 Å². The number of hydrogen-bond donors (Lipinski definition) is 0. The van der Waals surface area contributed by atoms with Gasteiger partial charge in [-0.15, -0.1) is 5.10 Å². The van der Waals surface area contributed by atoms with Crippen LogP contribution in [0.15, 0.2) is 12.1 Å². The molecule has 1 aromatic heterocycles. The van der Waals surface area contributed by atoms with Crippen LogP contribution in [0.25, 0.3) is 0 Å². The fourth-order valence-corrected chi connectivity index (χ4v) is 2.51. The Labute approximate surface area is 111 Å². The molecule has 6 nitrogen and oxygen atoms in total. The average molecular weight is 263 g/mol. The van der Waals surface area contributed by atoms with Crippen molar-refractivity contribution in [2.75, 3.05) is 26.3 Å². The molecule has 3 heterocycles. The predicted molar refractivity (Wildman–Crippen MR) is 66.5 cm³/mol. The van der Waals surface area contributed by atoms with E-state index in [0.717, 1.165) is 18.5 Å². The van der Waals surface area contributed by atoms with Gasteiger partial charge in [0.25, 0.3) is 5.91 Å². The maximum atomic E-state index is 12.3. The Hall–Kier alpha value is -1.53. The molecule has 2 aliphatic heterocycles. The van der Waals surface area contributed by atoms with Crippen molar-refractivity contribution in [2.45, 2.75) is 25.6 Å². The van der Waals surface area contributed by atoms with Crippen LogP contribution in [-0.2, 0) is 9.47 Å². The third kappa shape index (κ3) is 2.46. The summed E-state index contributed by atoms with van der Waals surface area (Å²) < 4.78 is 11.3. The van der Waals surface area contributed by atoms with Crippen molar-refractivity contribution in [2.24, 2.45) is 0 Å². The van der Waals surface area contributed by atoms with E-state index in [-0.39, 0.29) is 5.91 Å². The molecule has 0 unspecified atom stereocenters. The fourth-order valence-electron chi connectivity index (χ4n) is 2.51. The number of hydrogen-bond acceptors (Lipinski definition) is 5. The first-order valence-electron chi connectivity index (χ1n) is 6.56. The van der Waals surface area contributed by atoms with Crippen molar-refractivity contribution in [3.63, 3.8) is 0 Å². The maximum Gasteiger partial charge on any atom is 0.274 e. The van der Waals surface area contributed by atoms with Crippen molar-refractivity contribution < 1.29 is 14.3 Å². The van der Waals surface area contributed by atoms with E-state index in [1.165, 1.54) is 0 Å². The summed E-state index contributed by atoms with van der Waals surface area (Å²) >= 11 is 0. The van der Waals surface area contributed by atoms with Gasteiger partial charge < -0.3 is 14.4 Å². The van der Waals surface area contributed by atoms with Gasteiger partial charge >= 0.3 is 0 Å². The number of nitrogens with zero attached hydrogens (tertiary/aromatic N) is 3. The van der Waals surface area contributed by atoms with Crippen molar-refractivity contribution >= 4 is 5.91 Å². The third-order valence-corrected chi connectivity index (χ3v) is 3.64. The summed E-state index contributed by atoms with van der Waals surface area (Å²) in [6, 6.07) is 3.52. The first kappa shape index (κ1) is 12.5. The fraction of sp³-hybridized carbons (Fsp3) is 0.615. The Balaban J connectivity index is 1.64. The van der Waals surface area contributed by atoms with E-state index < -0.39 is 5.79 Å². The summed E-state index contributed by atoms with van der Waals surface area (Å²) in [6.45, 7) is 4.41. The molecule has 0 aliphatic carbocycles. The van der Waals surface area contributed by atoms with Gasteiger partial charge in [0.15, 0.2) is 11.5 Å².